The molecule has 0 saturated heterocycles. The van der Waals surface area contributed by atoms with E-state index in [1.807, 2.05) is 0 Å². The van der Waals surface area contributed by atoms with E-state index in [1.165, 1.54) is 94.5 Å². The van der Waals surface area contributed by atoms with Crippen LogP contribution in [0.1, 0.15) is 89.5 Å². The summed E-state index contributed by atoms with van der Waals surface area (Å²) in [6.45, 7) is 2.25. The van der Waals surface area contributed by atoms with Gasteiger partial charge in [-0.3, -0.25) is 4.55 Å². The first-order valence-electron chi connectivity index (χ1n) is 12.0. The fourth-order valence-corrected chi connectivity index (χ4v) is 4.27. The molecule has 33 heavy (non-hydrogen) atoms. The van der Waals surface area contributed by atoms with Gasteiger partial charge >= 0.3 is 29.6 Å². The average molecular weight is 485 g/mol. The molecule has 5 nitrogen and oxygen atoms in total. The average Bonchev–Trinajstić information content (AvgIpc) is 2.76. The van der Waals surface area contributed by atoms with Crippen LogP contribution < -0.4 is 39.4 Å². The molecule has 0 fully saturated rings. The van der Waals surface area contributed by atoms with Crippen molar-refractivity contribution >= 4 is 10.1 Å². The third-order valence-corrected chi connectivity index (χ3v) is 6.56. The smallest absolute Gasteiger partial charge is 0.872 e. The van der Waals surface area contributed by atoms with Crippen molar-refractivity contribution in [1.82, 2.24) is 0 Å². The number of hydrogen-bond donors (Lipinski definition) is 1. The quantitative estimate of drug-likeness (QED) is 0.221. The van der Waals surface area contributed by atoms with Crippen molar-refractivity contribution < 1.29 is 52.4 Å². The predicted octanol–water partition coefficient (Wildman–Crippen LogP) is 4.05. The summed E-state index contributed by atoms with van der Waals surface area (Å²) in [6, 6.07) is 10.4. The van der Waals surface area contributed by atoms with Crippen LogP contribution in [-0.4, -0.2) is 13.0 Å². The number of ether oxygens (including phenoxy) is 1. The second kappa shape index (κ2) is 16.6. The van der Waals surface area contributed by atoms with E-state index in [9.17, 15) is 13.5 Å². The Morgan fingerprint density at radius 2 is 1.24 bits per heavy atom. The molecule has 2 aromatic carbocycles. The fraction of sp³-hybridized carbons (Fsp3) is 0.538. The van der Waals surface area contributed by atoms with Crippen LogP contribution in [0.4, 0.5) is 0 Å². The summed E-state index contributed by atoms with van der Waals surface area (Å²) in [5, 5.41) is 12.2. The van der Waals surface area contributed by atoms with Gasteiger partial charge < -0.3 is 9.84 Å². The van der Waals surface area contributed by atoms with Gasteiger partial charge in [0.15, 0.2) is 0 Å². The summed E-state index contributed by atoms with van der Waals surface area (Å²) in [5.41, 5.74) is 0.740. The van der Waals surface area contributed by atoms with Gasteiger partial charge in [0.2, 0.25) is 0 Å². The Balaban J connectivity index is 0.00000544. The topological polar surface area (TPSA) is 86.7 Å². The SMILES string of the molecule is CCCCCCCCCCCCCCc1cc(Oc2ccc(S(=O)(=O)O)cc2)ccc1[O-].[Na+]. The molecule has 0 aromatic heterocycles. The minimum Gasteiger partial charge on any atom is -0.872 e. The van der Waals surface area contributed by atoms with Crippen LogP contribution in [0, 0.1) is 0 Å². The monoisotopic (exact) mass is 484 g/mol. The molecule has 7 heteroatoms. The van der Waals surface area contributed by atoms with Crippen LogP contribution >= 0.6 is 0 Å². The van der Waals surface area contributed by atoms with Gasteiger partial charge in [-0.15, -0.1) is 5.75 Å². The zero-order valence-corrected chi connectivity index (χ0v) is 23.0. The van der Waals surface area contributed by atoms with Crippen molar-refractivity contribution in [2.24, 2.45) is 0 Å². The zero-order valence-electron chi connectivity index (χ0n) is 20.2. The first-order valence-corrected chi connectivity index (χ1v) is 13.4. The van der Waals surface area contributed by atoms with Crippen molar-refractivity contribution in [1.29, 1.82) is 0 Å². The minimum absolute atomic E-state index is 0. The van der Waals surface area contributed by atoms with E-state index in [-0.39, 0.29) is 40.2 Å². The summed E-state index contributed by atoms with van der Waals surface area (Å²) in [5.74, 6) is 0.993. The summed E-state index contributed by atoms with van der Waals surface area (Å²) in [7, 11) is -4.23. The summed E-state index contributed by atoms with van der Waals surface area (Å²) in [4.78, 5) is -0.188. The Morgan fingerprint density at radius 3 is 1.76 bits per heavy atom. The van der Waals surface area contributed by atoms with Crippen molar-refractivity contribution in [3.8, 4) is 17.2 Å². The zero-order chi connectivity index (χ0) is 23.2. The molecule has 2 aromatic rings. The molecule has 0 amide bonds. The maximum absolute atomic E-state index is 12.2. The molecule has 0 aliphatic carbocycles. The van der Waals surface area contributed by atoms with E-state index in [0.717, 1.165) is 24.8 Å². The molecule has 1 N–H and O–H groups in total. The van der Waals surface area contributed by atoms with E-state index in [0.29, 0.717) is 11.5 Å². The van der Waals surface area contributed by atoms with Crippen molar-refractivity contribution in [2.75, 3.05) is 0 Å². The van der Waals surface area contributed by atoms with Crippen molar-refractivity contribution in [2.45, 2.75) is 95.3 Å². The first-order chi connectivity index (χ1) is 15.4. The second-order valence-electron chi connectivity index (χ2n) is 8.46. The third kappa shape index (κ3) is 12.3. The third-order valence-electron chi connectivity index (χ3n) is 5.69. The standard InChI is InChI=1S/C26H38O5S.Na/c1-2-3-4-5-6-7-8-9-10-11-12-13-14-22-21-24(17-20-26(22)27)31-23-15-18-25(19-16-23)32(28,29)30;/h15-21,27H,2-14H2,1H3,(H,28,29,30);/q;+1/p-1. The maximum atomic E-state index is 12.2. The van der Waals surface area contributed by atoms with Gasteiger partial charge in [-0.25, -0.2) is 0 Å². The Kier molecular flexibility index (Phi) is 15.0. The molecule has 0 aliphatic heterocycles. The van der Waals surface area contributed by atoms with E-state index in [4.69, 9.17) is 9.29 Å². The molecule has 0 saturated carbocycles. The molecule has 0 radical (unpaired) electrons. The molecule has 0 spiro atoms. The normalized spacial score (nSPS) is 11.2. The minimum atomic E-state index is -4.23. The number of rotatable bonds is 16. The van der Waals surface area contributed by atoms with E-state index >= 15 is 0 Å². The van der Waals surface area contributed by atoms with E-state index < -0.39 is 10.1 Å². The van der Waals surface area contributed by atoms with Crippen LogP contribution in [-0.2, 0) is 16.5 Å². The Morgan fingerprint density at radius 1 is 0.758 bits per heavy atom. The summed E-state index contributed by atoms with van der Waals surface area (Å²) >= 11 is 0. The molecule has 0 atom stereocenters. The van der Waals surface area contributed by atoms with Gasteiger partial charge in [-0.05, 0) is 49.2 Å². The Bertz CT molecular complexity index is 897. The van der Waals surface area contributed by atoms with E-state index in [1.54, 1.807) is 12.1 Å². The first kappa shape index (κ1) is 30.0. The molecule has 0 heterocycles. The molecule has 0 bridgehead atoms. The number of unbranched alkanes of at least 4 members (excludes halogenated alkanes) is 11. The molecule has 0 unspecified atom stereocenters. The van der Waals surface area contributed by atoms with Crippen LogP contribution in [0.3, 0.4) is 0 Å². The Hall–Kier alpha value is -1.05. The number of benzene rings is 2. The second-order valence-corrected chi connectivity index (χ2v) is 9.88. The molecular weight excluding hydrogens is 447 g/mol. The van der Waals surface area contributed by atoms with Gasteiger partial charge in [0.25, 0.3) is 10.1 Å². The molecular formula is C26H37NaO5S. The summed E-state index contributed by atoms with van der Waals surface area (Å²) < 4.78 is 37.0. The number of hydrogen-bond acceptors (Lipinski definition) is 4. The van der Waals surface area contributed by atoms with Crippen LogP contribution in [0.15, 0.2) is 47.4 Å². The summed E-state index contributed by atoms with van der Waals surface area (Å²) in [6.07, 6.45) is 16.1. The predicted molar refractivity (Wildman–Crippen MR) is 127 cm³/mol. The van der Waals surface area contributed by atoms with Gasteiger partial charge in [0.05, 0.1) is 4.90 Å². The van der Waals surface area contributed by atoms with Gasteiger partial charge in [-0.1, -0.05) is 89.2 Å². The van der Waals surface area contributed by atoms with Gasteiger partial charge in [0.1, 0.15) is 11.5 Å². The fourth-order valence-electron chi connectivity index (χ4n) is 3.79. The van der Waals surface area contributed by atoms with E-state index in [2.05, 4.69) is 6.92 Å². The van der Waals surface area contributed by atoms with Gasteiger partial charge in [0, 0.05) is 0 Å². The van der Waals surface area contributed by atoms with Crippen LogP contribution in [0.25, 0.3) is 0 Å². The molecule has 0 aliphatic rings. The molecule has 2 rings (SSSR count). The van der Waals surface area contributed by atoms with Crippen molar-refractivity contribution in [3.63, 3.8) is 0 Å². The Labute approximate surface area is 222 Å². The van der Waals surface area contributed by atoms with Crippen LogP contribution in [0.5, 0.6) is 17.2 Å². The van der Waals surface area contributed by atoms with Crippen LogP contribution in [0.2, 0.25) is 0 Å². The molecule has 178 valence electrons. The number of aryl methyl sites for hydroxylation is 1. The maximum Gasteiger partial charge on any atom is 1.00 e. The van der Waals surface area contributed by atoms with Crippen molar-refractivity contribution in [3.05, 3.63) is 48.0 Å². The largest absolute Gasteiger partial charge is 1.00 e. The van der Waals surface area contributed by atoms with Gasteiger partial charge in [-0.2, -0.15) is 8.42 Å².